The Hall–Kier alpha value is -2.49. The maximum absolute atomic E-state index is 14.4. The van der Waals surface area contributed by atoms with Gasteiger partial charge in [-0.1, -0.05) is 0 Å². The third kappa shape index (κ3) is 4.18. The molecule has 142 valence electrons. The second kappa shape index (κ2) is 7.81. The number of hydrogen-bond acceptors (Lipinski definition) is 6. The molecule has 2 aromatic rings. The molecule has 0 spiro atoms. The highest BCUT2D eigenvalue weighted by Gasteiger charge is 2.24. The number of aromatic nitrogens is 2. The van der Waals surface area contributed by atoms with Crippen molar-refractivity contribution in [1.29, 1.82) is 0 Å². The van der Waals surface area contributed by atoms with Crippen LogP contribution in [0.3, 0.4) is 0 Å². The van der Waals surface area contributed by atoms with Crippen LogP contribution in [0.25, 0.3) is 11.5 Å². The van der Waals surface area contributed by atoms with Crippen LogP contribution in [-0.4, -0.2) is 35.9 Å². The van der Waals surface area contributed by atoms with E-state index in [1.54, 1.807) is 0 Å². The third-order valence-electron chi connectivity index (χ3n) is 4.41. The minimum absolute atomic E-state index is 0.0528. The maximum Gasteiger partial charge on any atom is 0.434 e. The molecule has 0 bridgehead atoms. The lowest BCUT2D eigenvalue weighted by molar-refractivity contribution is -0.0517. The first-order valence-corrected chi connectivity index (χ1v) is 8.25. The Morgan fingerprint density at radius 2 is 2.08 bits per heavy atom. The summed E-state index contributed by atoms with van der Waals surface area (Å²) in [6, 6.07) is 2.20. The molecule has 2 heterocycles. The van der Waals surface area contributed by atoms with Gasteiger partial charge in [0.05, 0.1) is 5.69 Å². The fraction of sp³-hybridized carbons (Fsp3) is 0.500. The number of piperidine rings is 1. The number of nitrogens with zero attached hydrogens (tertiary/aromatic N) is 1. The lowest BCUT2D eigenvalue weighted by Crippen LogP contribution is -2.36. The van der Waals surface area contributed by atoms with Gasteiger partial charge in [0.1, 0.15) is 0 Å². The van der Waals surface area contributed by atoms with E-state index in [0.29, 0.717) is 5.92 Å². The molecule has 3 N–H and O–H groups in total. The fourth-order valence-electron chi connectivity index (χ4n) is 3.09. The van der Waals surface area contributed by atoms with Crippen LogP contribution >= 0.6 is 0 Å². The molecule has 0 radical (unpaired) electrons. The highest BCUT2D eigenvalue weighted by Crippen LogP contribution is 2.35. The molecule has 1 saturated heterocycles. The van der Waals surface area contributed by atoms with Gasteiger partial charge in [0.25, 0.3) is 0 Å². The van der Waals surface area contributed by atoms with Crippen molar-refractivity contribution < 1.29 is 22.3 Å². The van der Waals surface area contributed by atoms with E-state index in [1.807, 2.05) is 6.92 Å². The normalized spacial score (nSPS) is 16.7. The van der Waals surface area contributed by atoms with E-state index < -0.39 is 23.9 Å². The van der Waals surface area contributed by atoms with E-state index in [1.165, 1.54) is 6.07 Å². The fourth-order valence-corrected chi connectivity index (χ4v) is 3.09. The van der Waals surface area contributed by atoms with Crippen molar-refractivity contribution in [2.24, 2.45) is 5.92 Å². The quantitative estimate of drug-likeness (QED) is 0.722. The molecule has 1 unspecified atom stereocenters. The summed E-state index contributed by atoms with van der Waals surface area (Å²) in [4.78, 5) is 11.1. The highest BCUT2D eigenvalue weighted by atomic mass is 19.3. The van der Waals surface area contributed by atoms with Gasteiger partial charge in [-0.05, 0) is 50.9 Å². The van der Waals surface area contributed by atoms with Gasteiger partial charge < -0.3 is 19.8 Å². The molecule has 0 saturated carbocycles. The summed E-state index contributed by atoms with van der Waals surface area (Å²) in [5, 5.41) is 12.0. The lowest BCUT2D eigenvalue weighted by atomic mass is 9.91. The van der Waals surface area contributed by atoms with Crippen molar-refractivity contribution in [2.75, 3.05) is 18.4 Å². The minimum Gasteiger partial charge on any atom is -0.429 e. The van der Waals surface area contributed by atoms with E-state index in [9.17, 15) is 18.0 Å². The third-order valence-corrected chi connectivity index (χ3v) is 4.41. The highest BCUT2D eigenvalue weighted by molar-refractivity contribution is 5.68. The molecule has 0 aliphatic carbocycles. The molecular formula is C16H19F3N4O3. The zero-order valence-corrected chi connectivity index (χ0v) is 14.0. The van der Waals surface area contributed by atoms with Crippen LogP contribution in [0.4, 0.5) is 18.9 Å². The first-order valence-electron chi connectivity index (χ1n) is 8.25. The Kier molecular flexibility index (Phi) is 5.50. The Bertz CT molecular complexity index is 802. The van der Waals surface area contributed by atoms with E-state index in [4.69, 9.17) is 4.42 Å². The van der Waals surface area contributed by atoms with Crippen LogP contribution in [0.15, 0.2) is 21.3 Å². The summed E-state index contributed by atoms with van der Waals surface area (Å²) in [7, 11) is 0. The summed E-state index contributed by atoms with van der Waals surface area (Å²) in [5.41, 5.74) is 0.180. The molecule has 26 heavy (non-hydrogen) atoms. The molecule has 10 heteroatoms. The Morgan fingerprint density at radius 3 is 2.69 bits per heavy atom. The molecule has 7 nitrogen and oxygen atoms in total. The van der Waals surface area contributed by atoms with Gasteiger partial charge in [-0.25, -0.2) is 14.3 Å². The summed E-state index contributed by atoms with van der Waals surface area (Å²) < 4.78 is 48.9. The van der Waals surface area contributed by atoms with E-state index >= 15 is 0 Å². The number of alkyl halides is 2. The molecule has 3 rings (SSSR count). The Labute approximate surface area is 146 Å². The van der Waals surface area contributed by atoms with E-state index in [-0.39, 0.29) is 23.2 Å². The number of H-pyrrole nitrogens is 1. The van der Waals surface area contributed by atoms with Gasteiger partial charge in [-0.15, -0.1) is 5.10 Å². The van der Waals surface area contributed by atoms with Gasteiger partial charge in [-0.2, -0.15) is 8.78 Å². The Balaban J connectivity index is 1.93. The number of aromatic amines is 1. The topological polar surface area (TPSA) is 92.2 Å². The van der Waals surface area contributed by atoms with Crippen molar-refractivity contribution in [3.63, 3.8) is 0 Å². The van der Waals surface area contributed by atoms with Crippen molar-refractivity contribution in [1.82, 2.24) is 15.5 Å². The van der Waals surface area contributed by atoms with Crippen molar-refractivity contribution in [3.05, 3.63) is 28.5 Å². The molecule has 1 aromatic heterocycles. The number of hydrogen-bond donors (Lipinski definition) is 3. The summed E-state index contributed by atoms with van der Waals surface area (Å²) in [5.74, 6) is -2.23. The largest absolute Gasteiger partial charge is 0.434 e. The lowest BCUT2D eigenvalue weighted by Gasteiger charge is -2.30. The van der Waals surface area contributed by atoms with Gasteiger partial charge in [-0.3, -0.25) is 0 Å². The summed E-state index contributed by atoms with van der Waals surface area (Å²) >= 11 is 0. The Morgan fingerprint density at radius 1 is 1.35 bits per heavy atom. The van der Waals surface area contributed by atoms with Crippen LogP contribution in [0.5, 0.6) is 5.75 Å². The minimum atomic E-state index is -3.17. The van der Waals surface area contributed by atoms with Crippen molar-refractivity contribution in [2.45, 2.75) is 32.4 Å². The second-order valence-electron chi connectivity index (χ2n) is 6.15. The SMILES string of the molecule is CC(Nc1cc(-c2n[nH]c(=O)o2)cc(F)c1OC(F)F)C1CCNCC1. The monoisotopic (exact) mass is 372 g/mol. The number of ether oxygens (including phenoxy) is 1. The molecular weight excluding hydrogens is 353 g/mol. The van der Waals surface area contributed by atoms with Gasteiger partial charge in [0.15, 0.2) is 11.6 Å². The maximum atomic E-state index is 14.4. The molecule has 0 amide bonds. The zero-order valence-electron chi connectivity index (χ0n) is 14.0. The molecule has 1 fully saturated rings. The average molecular weight is 372 g/mol. The molecule has 1 aliphatic heterocycles. The van der Waals surface area contributed by atoms with Gasteiger partial charge in [0.2, 0.25) is 5.89 Å². The smallest absolute Gasteiger partial charge is 0.429 e. The number of rotatable bonds is 6. The van der Waals surface area contributed by atoms with Crippen LogP contribution in [0.2, 0.25) is 0 Å². The van der Waals surface area contributed by atoms with Crippen molar-refractivity contribution in [3.8, 4) is 17.2 Å². The summed E-state index contributed by atoms with van der Waals surface area (Å²) in [6.45, 7) is 0.461. The van der Waals surface area contributed by atoms with Crippen LogP contribution in [0, 0.1) is 11.7 Å². The second-order valence-corrected chi connectivity index (χ2v) is 6.15. The average Bonchev–Trinajstić information content (AvgIpc) is 3.04. The molecule has 1 aliphatic rings. The van der Waals surface area contributed by atoms with Crippen LogP contribution < -0.4 is 21.1 Å². The van der Waals surface area contributed by atoms with Crippen molar-refractivity contribution >= 4 is 5.69 Å². The zero-order chi connectivity index (χ0) is 18.7. The van der Waals surface area contributed by atoms with Gasteiger partial charge >= 0.3 is 12.4 Å². The predicted octanol–water partition coefficient (Wildman–Crippen LogP) is 2.57. The number of halogens is 3. The van der Waals surface area contributed by atoms with Crippen LogP contribution in [-0.2, 0) is 0 Å². The predicted molar refractivity (Wildman–Crippen MR) is 87.8 cm³/mol. The first-order chi connectivity index (χ1) is 12.4. The standard InChI is InChI=1S/C16H19F3N4O3/c1-8(9-2-4-20-5-3-9)21-12-7-10(14-22-23-16(24)26-14)6-11(17)13(12)25-15(18)19/h6-9,15,20-21H,2-5H2,1H3,(H,23,24). The van der Waals surface area contributed by atoms with E-state index in [0.717, 1.165) is 32.0 Å². The summed E-state index contributed by atoms with van der Waals surface area (Å²) in [6.07, 6.45) is 1.82. The van der Waals surface area contributed by atoms with E-state index in [2.05, 4.69) is 25.6 Å². The molecule has 1 atom stereocenters. The van der Waals surface area contributed by atoms with Gasteiger partial charge in [0, 0.05) is 11.6 Å². The molecule has 1 aromatic carbocycles. The number of nitrogens with one attached hydrogen (secondary N) is 3. The number of benzene rings is 1. The number of anilines is 1. The van der Waals surface area contributed by atoms with Crippen LogP contribution in [0.1, 0.15) is 19.8 Å². The first kappa shape index (κ1) is 18.3.